The molecule has 0 aliphatic rings. The van der Waals surface area contributed by atoms with Crippen LogP contribution in [-0.4, -0.2) is 28.7 Å². The topological polar surface area (TPSA) is 90.9 Å². The summed E-state index contributed by atoms with van der Waals surface area (Å²) in [4.78, 5) is 0. The molecule has 2 aromatic rings. The van der Waals surface area contributed by atoms with Gasteiger partial charge in [-0.1, -0.05) is 35.5 Å². The maximum atomic E-state index is 12.1. The number of aromatic nitrogens is 3. The van der Waals surface area contributed by atoms with E-state index in [1.807, 2.05) is 37.3 Å². The molecule has 1 atom stereocenters. The number of nitrogens with two attached hydrogens (primary N) is 1. The minimum absolute atomic E-state index is 0.0788. The largest absolute Gasteiger partial charge is 0.381 e. The highest BCUT2D eigenvalue weighted by atomic mass is 32.2. The van der Waals surface area contributed by atoms with Crippen molar-refractivity contribution in [3.63, 3.8) is 0 Å². The number of hydrogen-bond acceptors (Lipinski definition) is 5. The molecule has 1 aromatic carbocycles. The molecule has 2 N–H and O–H groups in total. The van der Waals surface area contributed by atoms with Crippen molar-refractivity contribution in [3.05, 3.63) is 35.9 Å². The molecule has 0 aliphatic carbocycles. The molecule has 0 aliphatic heterocycles. The van der Waals surface area contributed by atoms with Crippen molar-refractivity contribution in [2.75, 3.05) is 5.73 Å². The van der Waals surface area contributed by atoms with E-state index in [0.29, 0.717) is 0 Å². The second-order valence-electron chi connectivity index (χ2n) is 4.90. The van der Waals surface area contributed by atoms with Gasteiger partial charge in [0.05, 0.1) is 11.3 Å². The molecular weight excluding hydrogens is 276 g/mol. The Labute approximate surface area is 118 Å². The van der Waals surface area contributed by atoms with Crippen molar-refractivity contribution < 1.29 is 8.42 Å². The zero-order valence-corrected chi connectivity index (χ0v) is 12.5. The minimum atomic E-state index is -3.52. The molecule has 0 amide bonds. The fraction of sp³-hybridized carbons (Fsp3) is 0.385. The highest BCUT2D eigenvalue weighted by Gasteiger charge is 2.28. The van der Waals surface area contributed by atoms with Gasteiger partial charge in [0.15, 0.2) is 5.82 Å². The van der Waals surface area contributed by atoms with Gasteiger partial charge in [-0.3, -0.25) is 0 Å². The molecule has 1 heterocycles. The van der Waals surface area contributed by atoms with Crippen molar-refractivity contribution in [1.29, 1.82) is 0 Å². The van der Waals surface area contributed by atoms with Gasteiger partial charge in [0.25, 0.3) is 0 Å². The second-order valence-corrected chi connectivity index (χ2v) is 7.32. The first-order valence-electron chi connectivity index (χ1n) is 6.35. The smallest absolute Gasteiger partial charge is 0.221 e. The monoisotopic (exact) mass is 294 g/mol. The maximum absolute atomic E-state index is 12.1. The average molecular weight is 294 g/mol. The van der Waals surface area contributed by atoms with Crippen LogP contribution in [0, 0.1) is 0 Å². The third-order valence-corrected chi connectivity index (χ3v) is 5.31. The van der Waals surface area contributed by atoms with Crippen LogP contribution < -0.4 is 5.73 Å². The Bertz CT molecular complexity index is 692. The second kappa shape index (κ2) is 5.24. The summed E-state index contributed by atoms with van der Waals surface area (Å²) in [5.74, 6) is 0.0788. The predicted molar refractivity (Wildman–Crippen MR) is 77.0 cm³/mol. The minimum Gasteiger partial charge on any atom is -0.381 e. The Morgan fingerprint density at radius 3 is 2.30 bits per heavy atom. The van der Waals surface area contributed by atoms with Gasteiger partial charge < -0.3 is 5.73 Å². The van der Waals surface area contributed by atoms with Crippen LogP contribution in [0.4, 0.5) is 5.82 Å². The molecule has 0 saturated carbocycles. The van der Waals surface area contributed by atoms with Crippen LogP contribution in [0.2, 0.25) is 0 Å². The number of rotatable bonds is 4. The van der Waals surface area contributed by atoms with Gasteiger partial charge in [-0.05, 0) is 26.3 Å². The van der Waals surface area contributed by atoms with Crippen LogP contribution >= 0.6 is 0 Å². The standard InChI is InChI=1S/C13H18N4O2S/c1-9(2)20(18,19)13-12(14)17(16-15-13)10(3)11-7-5-4-6-8-11/h4-10H,14H2,1-3H3. The lowest BCUT2D eigenvalue weighted by atomic mass is 10.1. The zero-order chi connectivity index (χ0) is 14.9. The summed E-state index contributed by atoms with van der Waals surface area (Å²) in [6.07, 6.45) is 0. The Morgan fingerprint density at radius 1 is 1.15 bits per heavy atom. The highest BCUT2D eigenvalue weighted by molar-refractivity contribution is 7.92. The quantitative estimate of drug-likeness (QED) is 0.925. The summed E-state index contributed by atoms with van der Waals surface area (Å²) in [7, 11) is -3.52. The molecule has 1 unspecified atom stereocenters. The van der Waals surface area contributed by atoms with E-state index in [2.05, 4.69) is 10.3 Å². The van der Waals surface area contributed by atoms with Gasteiger partial charge in [0.1, 0.15) is 0 Å². The molecule has 0 radical (unpaired) electrons. The first-order chi connectivity index (χ1) is 9.35. The number of nitrogens with zero attached hydrogens (tertiary/aromatic N) is 3. The van der Waals surface area contributed by atoms with E-state index in [1.54, 1.807) is 13.8 Å². The van der Waals surface area contributed by atoms with Gasteiger partial charge in [0, 0.05) is 0 Å². The first-order valence-corrected chi connectivity index (χ1v) is 7.89. The molecule has 2 rings (SSSR count). The van der Waals surface area contributed by atoms with Crippen LogP contribution in [0.25, 0.3) is 0 Å². The zero-order valence-electron chi connectivity index (χ0n) is 11.7. The Morgan fingerprint density at radius 2 is 1.75 bits per heavy atom. The highest BCUT2D eigenvalue weighted by Crippen LogP contribution is 2.25. The third kappa shape index (κ3) is 2.40. The van der Waals surface area contributed by atoms with Gasteiger partial charge >= 0.3 is 0 Å². The lowest BCUT2D eigenvalue weighted by Crippen LogP contribution is -2.17. The van der Waals surface area contributed by atoms with Gasteiger partial charge in [0.2, 0.25) is 14.9 Å². The summed E-state index contributed by atoms with van der Waals surface area (Å²) in [5, 5.41) is 6.93. The van der Waals surface area contributed by atoms with Gasteiger partial charge in [-0.15, -0.1) is 5.10 Å². The molecule has 0 spiro atoms. The molecule has 0 fully saturated rings. The molecular formula is C13H18N4O2S. The lowest BCUT2D eigenvalue weighted by Gasteiger charge is -2.13. The summed E-state index contributed by atoms with van der Waals surface area (Å²) < 4.78 is 25.7. The first kappa shape index (κ1) is 14.5. The van der Waals surface area contributed by atoms with Crippen LogP contribution in [0.15, 0.2) is 35.4 Å². The number of nitrogen functional groups attached to an aromatic ring is 1. The van der Waals surface area contributed by atoms with E-state index >= 15 is 0 Å². The number of benzene rings is 1. The fourth-order valence-corrected chi connectivity index (χ4v) is 2.85. The Kier molecular flexibility index (Phi) is 3.80. The van der Waals surface area contributed by atoms with E-state index in [9.17, 15) is 8.42 Å². The van der Waals surface area contributed by atoms with E-state index < -0.39 is 15.1 Å². The molecule has 0 saturated heterocycles. The van der Waals surface area contributed by atoms with Gasteiger partial charge in [-0.25, -0.2) is 13.1 Å². The SMILES string of the molecule is CC(c1ccccc1)n1nnc(S(=O)(=O)C(C)C)c1N. The third-order valence-electron chi connectivity index (χ3n) is 3.24. The molecule has 20 heavy (non-hydrogen) atoms. The summed E-state index contributed by atoms with van der Waals surface area (Å²) in [6.45, 7) is 5.08. The summed E-state index contributed by atoms with van der Waals surface area (Å²) in [5.41, 5.74) is 6.91. The van der Waals surface area contributed by atoms with Gasteiger partial charge in [-0.2, -0.15) is 0 Å². The summed E-state index contributed by atoms with van der Waals surface area (Å²) >= 11 is 0. The van der Waals surface area contributed by atoms with Crippen LogP contribution in [0.1, 0.15) is 32.4 Å². The fourth-order valence-electron chi connectivity index (χ4n) is 1.87. The van der Waals surface area contributed by atoms with Crippen molar-refractivity contribution in [1.82, 2.24) is 15.0 Å². The Hall–Kier alpha value is -1.89. The van der Waals surface area contributed by atoms with E-state index in [0.717, 1.165) is 5.56 Å². The lowest BCUT2D eigenvalue weighted by molar-refractivity contribution is 0.550. The molecule has 7 heteroatoms. The molecule has 6 nitrogen and oxygen atoms in total. The maximum Gasteiger partial charge on any atom is 0.221 e. The van der Waals surface area contributed by atoms with Crippen molar-refractivity contribution in [3.8, 4) is 0 Å². The van der Waals surface area contributed by atoms with Crippen molar-refractivity contribution in [2.24, 2.45) is 0 Å². The van der Waals surface area contributed by atoms with Crippen LogP contribution in [0.5, 0.6) is 0 Å². The number of anilines is 1. The van der Waals surface area contributed by atoms with E-state index in [-0.39, 0.29) is 16.9 Å². The predicted octanol–water partition coefficient (Wildman–Crippen LogP) is 1.65. The normalized spacial score (nSPS) is 13.6. The average Bonchev–Trinajstić information content (AvgIpc) is 2.81. The van der Waals surface area contributed by atoms with E-state index in [4.69, 9.17) is 5.73 Å². The van der Waals surface area contributed by atoms with Crippen molar-refractivity contribution in [2.45, 2.75) is 37.1 Å². The molecule has 0 bridgehead atoms. The number of sulfone groups is 1. The van der Waals surface area contributed by atoms with Crippen molar-refractivity contribution >= 4 is 15.7 Å². The molecule has 1 aromatic heterocycles. The van der Waals surface area contributed by atoms with Crippen LogP contribution in [0.3, 0.4) is 0 Å². The molecule has 108 valence electrons. The van der Waals surface area contributed by atoms with E-state index in [1.165, 1.54) is 4.68 Å². The van der Waals surface area contributed by atoms with Crippen LogP contribution in [-0.2, 0) is 9.84 Å². The summed E-state index contributed by atoms with van der Waals surface area (Å²) in [6, 6.07) is 9.41. The Balaban J connectivity index is 2.45. The number of hydrogen-bond donors (Lipinski definition) is 1.